The Hall–Kier alpha value is -2.51. The number of carbonyl (C=O) groups is 2. The summed E-state index contributed by atoms with van der Waals surface area (Å²) < 4.78 is 17.2. The zero-order chi connectivity index (χ0) is 20.3. The highest BCUT2D eigenvalue weighted by Crippen LogP contribution is 2.47. The molecule has 144 valence electrons. The summed E-state index contributed by atoms with van der Waals surface area (Å²) in [7, 11) is 1.46. The molecule has 0 atom stereocenters. The summed E-state index contributed by atoms with van der Waals surface area (Å²) in [5, 5.41) is 1.28. The molecule has 3 rings (SSSR count). The van der Waals surface area contributed by atoms with Crippen molar-refractivity contribution in [2.24, 2.45) is 0 Å². The van der Waals surface area contributed by atoms with Gasteiger partial charge in [0.15, 0.2) is 11.5 Å². The minimum Gasteiger partial charge on any atom is -0.493 e. The highest BCUT2D eigenvalue weighted by Gasteiger charge is 2.21. The van der Waals surface area contributed by atoms with Gasteiger partial charge in [-0.3, -0.25) is 9.59 Å². The molecule has 0 aromatic heterocycles. The number of rotatable bonds is 5. The van der Waals surface area contributed by atoms with Gasteiger partial charge < -0.3 is 14.2 Å². The molecule has 0 fully saturated rings. The first-order chi connectivity index (χ1) is 13.4. The van der Waals surface area contributed by atoms with E-state index in [0.29, 0.717) is 22.3 Å². The summed E-state index contributed by atoms with van der Waals surface area (Å²) in [4.78, 5) is 25.2. The highest BCUT2D eigenvalue weighted by molar-refractivity contribution is 9.10. The Labute approximate surface area is 175 Å². The third-order valence-corrected chi connectivity index (χ3v) is 5.87. The predicted octanol–water partition coefficient (Wildman–Crippen LogP) is 5.61. The van der Waals surface area contributed by atoms with E-state index in [1.165, 1.54) is 32.7 Å². The van der Waals surface area contributed by atoms with Gasteiger partial charge in [0.2, 0.25) is 0 Å². The monoisotopic (exact) mass is 460 g/mol. The van der Waals surface area contributed by atoms with E-state index >= 15 is 0 Å². The standard InChI is InChI=1S/C21H17BrO5S/c1-12(23)26-16-11-17(25-3)21(27-13(2)24)14-7-6-10-19(20(14)16)28-18-9-5-4-8-15(18)22/h4-11H,1-3H3. The van der Waals surface area contributed by atoms with Gasteiger partial charge in [0.25, 0.3) is 0 Å². The van der Waals surface area contributed by atoms with Crippen LogP contribution in [0.5, 0.6) is 17.2 Å². The fourth-order valence-corrected chi connectivity index (χ4v) is 4.27. The van der Waals surface area contributed by atoms with E-state index in [2.05, 4.69) is 15.9 Å². The Morgan fingerprint density at radius 3 is 2.21 bits per heavy atom. The molecule has 0 heterocycles. The number of methoxy groups -OCH3 is 1. The second kappa shape index (κ2) is 8.67. The fourth-order valence-electron chi connectivity index (χ4n) is 2.73. The number of esters is 2. The largest absolute Gasteiger partial charge is 0.493 e. The summed E-state index contributed by atoms with van der Waals surface area (Å²) in [5.74, 6) is 0.0101. The van der Waals surface area contributed by atoms with Crippen molar-refractivity contribution >= 4 is 50.4 Å². The predicted molar refractivity (Wildman–Crippen MR) is 111 cm³/mol. The van der Waals surface area contributed by atoms with E-state index in [0.717, 1.165) is 14.3 Å². The van der Waals surface area contributed by atoms with E-state index in [9.17, 15) is 9.59 Å². The van der Waals surface area contributed by atoms with Crippen molar-refractivity contribution in [3.63, 3.8) is 0 Å². The molecule has 0 aliphatic rings. The number of benzene rings is 3. The molecule has 3 aromatic rings. The molecule has 0 unspecified atom stereocenters. The van der Waals surface area contributed by atoms with Crippen LogP contribution >= 0.6 is 27.7 Å². The second-order valence-electron chi connectivity index (χ2n) is 5.80. The van der Waals surface area contributed by atoms with E-state index in [1.54, 1.807) is 12.1 Å². The molecular formula is C21H17BrO5S. The van der Waals surface area contributed by atoms with E-state index < -0.39 is 11.9 Å². The zero-order valence-electron chi connectivity index (χ0n) is 15.4. The average Bonchev–Trinajstić information content (AvgIpc) is 2.64. The Kier molecular flexibility index (Phi) is 6.26. The topological polar surface area (TPSA) is 61.8 Å². The SMILES string of the molecule is COc1cc(OC(C)=O)c2c(Sc3ccccc3Br)cccc2c1OC(C)=O. The smallest absolute Gasteiger partial charge is 0.308 e. The average molecular weight is 461 g/mol. The third kappa shape index (κ3) is 4.31. The quantitative estimate of drug-likeness (QED) is 0.364. The van der Waals surface area contributed by atoms with Gasteiger partial charge in [-0.15, -0.1) is 0 Å². The highest BCUT2D eigenvalue weighted by atomic mass is 79.9. The molecule has 0 bridgehead atoms. The number of hydrogen-bond donors (Lipinski definition) is 0. The molecule has 7 heteroatoms. The van der Waals surface area contributed by atoms with Gasteiger partial charge in [-0.2, -0.15) is 0 Å². The molecule has 0 N–H and O–H groups in total. The van der Waals surface area contributed by atoms with E-state index in [-0.39, 0.29) is 5.75 Å². The molecular weight excluding hydrogens is 444 g/mol. The Morgan fingerprint density at radius 2 is 1.57 bits per heavy atom. The molecule has 28 heavy (non-hydrogen) atoms. The van der Waals surface area contributed by atoms with Gasteiger partial charge in [-0.05, 0) is 34.1 Å². The number of halogens is 1. The van der Waals surface area contributed by atoms with Crippen LogP contribution in [0.3, 0.4) is 0 Å². The van der Waals surface area contributed by atoms with Crippen molar-refractivity contribution in [2.45, 2.75) is 23.6 Å². The number of fused-ring (bicyclic) bond motifs is 1. The van der Waals surface area contributed by atoms with Crippen LogP contribution in [0, 0.1) is 0 Å². The van der Waals surface area contributed by atoms with Gasteiger partial charge >= 0.3 is 11.9 Å². The maximum absolute atomic E-state index is 11.7. The summed E-state index contributed by atoms with van der Waals surface area (Å²) in [5.41, 5.74) is 0. The summed E-state index contributed by atoms with van der Waals surface area (Å²) in [6, 6.07) is 14.9. The Bertz CT molecular complexity index is 1060. The van der Waals surface area contributed by atoms with Crippen LogP contribution in [0.4, 0.5) is 0 Å². The first-order valence-electron chi connectivity index (χ1n) is 8.33. The summed E-state index contributed by atoms with van der Waals surface area (Å²) in [6.07, 6.45) is 0. The van der Waals surface area contributed by atoms with Crippen LogP contribution in [-0.2, 0) is 9.59 Å². The molecule has 0 amide bonds. The van der Waals surface area contributed by atoms with Crippen molar-refractivity contribution in [2.75, 3.05) is 7.11 Å². The van der Waals surface area contributed by atoms with Gasteiger partial charge in [0.05, 0.1) is 7.11 Å². The van der Waals surface area contributed by atoms with E-state index in [4.69, 9.17) is 14.2 Å². The summed E-state index contributed by atoms with van der Waals surface area (Å²) in [6.45, 7) is 2.66. The van der Waals surface area contributed by atoms with Crippen LogP contribution in [0.1, 0.15) is 13.8 Å². The molecule has 0 saturated carbocycles. The number of hydrogen-bond acceptors (Lipinski definition) is 6. The number of ether oxygens (including phenoxy) is 3. The zero-order valence-corrected chi connectivity index (χ0v) is 17.8. The van der Waals surface area contributed by atoms with Crippen LogP contribution in [0.2, 0.25) is 0 Å². The molecule has 0 aliphatic heterocycles. The van der Waals surface area contributed by atoms with Crippen LogP contribution < -0.4 is 14.2 Å². The third-order valence-electron chi connectivity index (χ3n) is 3.78. The van der Waals surface area contributed by atoms with Crippen molar-refractivity contribution in [1.82, 2.24) is 0 Å². The Morgan fingerprint density at radius 1 is 0.893 bits per heavy atom. The first-order valence-corrected chi connectivity index (χ1v) is 9.94. The maximum atomic E-state index is 11.7. The van der Waals surface area contributed by atoms with Crippen molar-refractivity contribution in [1.29, 1.82) is 0 Å². The van der Waals surface area contributed by atoms with Gasteiger partial charge in [-0.1, -0.05) is 36.0 Å². The molecule has 5 nitrogen and oxygen atoms in total. The molecule has 3 aromatic carbocycles. The number of carbonyl (C=O) groups excluding carboxylic acids is 2. The molecule has 0 spiro atoms. The maximum Gasteiger partial charge on any atom is 0.308 e. The lowest BCUT2D eigenvalue weighted by molar-refractivity contribution is -0.133. The first kappa shape index (κ1) is 20.2. The lowest BCUT2D eigenvalue weighted by Crippen LogP contribution is -2.06. The van der Waals surface area contributed by atoms with Gasteiger partial charge in [0.1, 0.15) is 5.75 Å². The van der Waals surface area contributed by atoms with Crippen LogP contribution in [0.15, 0.2) is 62.8 Å². The normalized spacial score (nSPS) is 10.6. The van der Waals surface area contributed by atoms with Gasteiger partial charge in [0, 0.05) is 44.9 Å². The van der Waals surface area contributed by atoms with Crippen molar-refractivity contribution < 1.29 is 23.8 Å². The Balaban J connectivity index is 2.28. The van der Waals surface area contributed by atoms with E-state index in [1.807, 2.05) is 36.4 Å². The minimum absolute atomic E-state index is 0.287. The summed E-state index contributed by atoms with van der Waals surface area (Å²) >= 11 is 5.06. The van der Waals surface area contributed by atoms with Crippen molar-refractivity contribution in [3.8, 4) is 17.2 Å². The molecule has 0 aliphatic carbocycles. The van der Waals surface area contributed by atoms with Crippen LogP contribution in [0.25, 0.3) is 10.8 Å². The molecule has 0 radical (unpaired) electrons. The van der Waals surface area contributed by atoms with Crippen LogP contribution in [-0.4, -0.2) is 19.0 Å². The fraction of sp³-hybridized carbons (Fsp3) is 0.143. The second-order valence-corrected chi connectivity index (χ2v) is 7.74. The van der Waals surface area contributed by atoms with Crippen molar-refractivity contribution in [3.05, 3.63) is 53.0 Å². The lowest BCUT2D eigenvalue weighted by Gasteiger charge is -2.17. The minimum atomic E-state index is -0.469. The molecule has 0 saturated heterocycles. The van der Waals surface area contributed by atoms with Gasteiger partial charge in [-0.25, -0.2) is 0 Å². The lowest BCUT2D eigenvalue weighted by atomic mass is 10.1.